The van der Waals surface area contributed by atoms with Gasteiger partial charge in [0.1, 0.15) is 4.90 Å². The third kappa shape index (κ3) is 6.27. The molecule has 0 unspecified atom stereocenters. The van der Waals surface area contributed by atoms with Gasteiger partial charge < -0.3 is 10.3 Å². The summed E-state index contributed by atoms with van der Waals surface area (Å²) in [5.74, 6) is -0.955. The number of hydrogen-bond donors (Lipinski definition) is 2. The average Bonchev–Trinajstić information content (AvgIpc) is 3.33. The number of nitrogens with two attached hydrogens (primary N) is 1. The first kappa shape index (κ1) is 28.7. The zero-order valence-corrected chi connectivity index (χ0v) is 22.7. The van der Waals surface area contributed by atoms with E-state index in [4.69, 9.17) is 5.73 Å². The lowest BCUT2D eigenvalue weighted by molar-refractivity contribution is -0.387. The SMILES string of the molecule is Cn1ccnc1Sc1ccc(/C=N\Nc2ccc([N+](=O)[O-])cc2S(=O)(=O)N2CCC(C(N)=O)CC2)cc1[N+](=O)[O-]. The van der Waals surface area contributed by atoms with E-state index in [9.17, 15) is 33.4 Å². The fraction of sp³-hybridized carbons (Fsp3) is 0.261. The van der Waals surface area contributed by atoms with E-state index in [2.05, 4.69) is 15.5 Å². The molecule has 1 aliphatic rings. The molecule has 2 aromatic carbocycles. The lowest BCUT2D eigenvalue weighted by Crippen LogP contribution is -2.41. The molecule has 0 aliphatic carbocycles. The van der Waals surface area contributed by atoms with Gasteiger partial charge in [-0.25, -0.2) is 13.4 Å². The van der Waals surface area contributed by atoms with Crippen LogP contribution < -0.4 is 11.2 Å². The van der Waals surface area contributed by atoms with Crippen molar-refractivity contribution in [1.29, 1.82) is 0 Å². The summed E-state index contributed by atoms with van der Waals surface area (Å²) in [7, 11) is -2.44. The zero-order chi connectivity index (χ0) is 29.0. The third-order valence-electron chi connectivity index (χ3n) is 6.21. The van der Waals surface area contributed by atoms with Gasteiger partial charge in [-0.15, -0.1) is 0 Å². The second-order valence-corrected chi connectivity index (χ2v) is 11.7. The molecule has 0 bridgehead atoms. The summed E-state index contributed by atoms with van der Waals surface area (Å²) in [6, 6.07) is 7.74. The predicted octanol–water partition coefficient (Wildman–Crippen LogP) is 2.72. The fourth-order valence-electron chi connectivity index (χ4n) is 4.02. The number of aryl methyl sites for hydroxylation is 1. The largest absolute Gasteiger partial charge is 0.369 e. The van der Waals surface area contributed by atoms with Crippen LogP contribution in [-0.4, -0.2) is 57.3 Å². The minimum absolute atomic E-state index is 0.0215. The van der Waals surface area contributed by atoms with Gasteiger partial charge in [0, 0.05) is 62.2 Å². The van der Waals surface area contributed by atoms with Crippen molar-refractivity contribution in [2.24, 2.45) is 23.8 Å². The Balaban J connectivity index is 1.58. The molecule has 1 saturated heterocycles. The van der Waals surface area contributed by atoms with Gasteiger partial charge in [0.15, 0.2) is 5.16 Å². The Labute approximate surface area is 232 Å². The topological polar surface area (TPSA) is 209 Å². The Bertz CT molecular complexity index is 1600. The van der Waals surface area contributed by atoms with Crippen LogP contribution in [0.15, 0.2) is 68.8 Å². The second kappa shape index (κ2) is 11.8. The highest BCUT2D eigenvalue weighted by atomic mass is 32.2. The first-order valence-corrected chi connectivity index (χ1v) is 14.0. The highest BCUT2D eigenvalue weighted by Gasteiger charge is 2.33. The van der Waals surface area contributed by atoms with Gasteiger partial charge in [0.25, 0.3) is 11.4 Å². The van der Waals surface area contributed by atoms with Crippen molar-refractivity contribution in [1.82, 2.24) is 13.9 Å². The van der Waals surface area contributed by atoms with E-state index in [0.29, 0.717) is 15.6 Å². The number of imidazole rings is 1. The Morgan fingerprint density at radius 2 is 1.90 bits per heavy atom. The van der Waals surface area contributed by atoms with Crippen LogP contribution in [0.5, 0.6) is 0 Å². The highest BCUT2D eigenvalue weighted by Crippen LogP contribution is 2.34. The predicted molar refractivity (Wildman–Crippen MR) is 145 cm³/mol. The van der Waals surface area contributed by atoms with E-state index in [-0.39, 0.29) is 42.2 Å². The van der Waals surface area contributed by atoms with Crippen molar-refractivity contribution in [2.45, 2.75) is 27.8 Å². The first-order chi connectivity index (χ1) is 19.0. The number of nitrogens with one attached hydrogen (secondary N) is 1. The van der Waals surface area contributed by atoms with Gasteiger partial charge >= 0.3 is 0 Å². The number of non-ortho nitro benzene ring substituents is 1. The van der Waals surface area contributed by atoms with E-state index in [0.717, 1.165) is 28.2 Å². The van der Waals surface area contributed by atoms with Gasteiger partial charge in [-0.05, 0) is 36.7 Å². The quantitative estimate of drug-likeness (QED) is 0.201. The maximum atomic E-state index is 13.4. The Kier molecular flexibility index (Phi) is 8.46. The summed E-state index contributed by atoms with van der Waals surface area (Å²) < 4.78 is 29.7. The maximum absolute atomic E-state index is 13.4. The van der Waals surface area contributed by atoms with Crippen LogP contribution in [0.1, 0.15) is 18.4 Å². The highest BCUT2D eigenvalue weighted by molar-refractivity contribution is 7.99. The molecule has 3 N–H and O–H groups in total. The van der Waals surface area contributed by atoms with Crippen molar-refractivity contribution in [3.63, 3.8) is 0 Å². The standard InChI is InChI=1S/C23H24N8O7S2/c1-28-11-8-25-23(28)39-20-5-2-15(12-19(20)31(35)36)14-26-27-18-4-3-17(30(33)34)13-21(18)40(37,38)29-9-6-16(7-10-29)22(24)32/h2-5,8,11-14,16,27H,6-7,9-10H2,1H3,(H2,24,32)/b26-14-. The number of carbonyl (C=O) groups excluding carboxylic acids is 1. The van der Waals surface area contributed by atoms with Crippen LogP contribution in [0.2, 0.25) is 0 Å². The molecule has 17 heteroatoms. The molecule has 1 aromatic heterocycles. The molecular weight excluding hydrogens is 564 g/mol. The van der Waals surface area contributed by atoms with Gasteiger partial charge in [-0.2, -0.15) is 9.41 Å². The van der Waals surface area contributed by atoms with Crippen molar-refractivity contribution in [3.8, 4) is 0 Å². The zero-order valence-electron chi connectivity index (χ0n) is 21.0. The number of carbonyl (C=O) groups is 1. The summed E-state index contributed by atoms with van der Waals surface area (Å²) in [5, 5.41) is 27.6. The Morgan fingerprint density at radius 3 is 2.50 bits per heavy atom. The van der Waals surface area contributed by atoms with Crippen LogP contribution in [0.25, 0.3) is 0 Å². The summed E-state index contributed by atoms with van der Waals surface area (Å²) in [4.78, 5) is 37.4. The van der Waals surface area contributed by atoms with Crippen molar-refractivity contribution >= 4 is 51.0 Å². The fourth-order valence-corrected chi connectivity index (χ4v) is 6.54. The van der Waals surface area contributed by atoms with Crippen molar-refractivity contribution in [3.05, 3.63) is 74.6 Å². The van der Waals surface area contributed by atoms with E-state index in [1.165, 1.54) is 18.3 Å². The van der Waals surface area contributed by atoms with Gasteiger partial charge in [-0.3, -0.25) is 30.4 Å². The van der Waals surface area contributed by atoms with E-state index in [1.807, 2.05) is 0 Å². The van der Waals surface area contributed by atoms with Crippen LogP contribution in [0.4, 0.5) is 17.1 Å². The normalized spacial score (nSPS) is 14.8. The van der Waals surface area contributed by atoms with Crippen molar-refractivity contribution < 1.29 is 23.1 Å². The van der Waals surface area contributed by atoms with Crippen molar-refractivity contribution in [2.75, 3.05) is 18.5 Å². The number of nitro groups is 2. The summed E-state index contributed by atoms with van der Waals surface area (Å²) in [6.07, 6.45) is 5.03. The lowest BCUT2D eigenvalue weighted by atomic mass is 9.98. The number of nitrogens with zero attached hydrogens (tertiary/aromatic N) is 6. The molecule has 0 atom stereocenters. The summed E-state index contributed by atoms with van der Waals surface area (Å²) in [6.45, 7) is 0.0429. The van der Waals surface area contributed by atoms with E-state index >= 15 is 0 Å². The van der Waals surface area contributed by atoms with E-state index in [1.54, 1.807) is 36.1 Å². The molecule has 15 nitrogen and oxygen atoms in total. The molecule has 2 heterocycles. The first-order valence-electron chi connectivity index (χ1n) is 11.8. The smallest absolute Gasteiger partial charge is 0.283 e. The summed E-state index contributed by atoms with van der Waals surface area (Å²) >= 11 is 1.13. The van der Waals surface area contributed by atoms with Crippen LogP contribution in [0, 0.1) is 26.1 Å². The number of piperidine rings is 1. The number of anilines is 1. The number of rotatable bonds is 10. The summed E-state index contributed by atoms with van der Waals surface area (Å²) in [5.41, 5.74) is 7.63. The molecule has 3 aromatic rings. The third-order valence-corrected chi connectivity index (χ3v) is 9.29. The minimum atomic E-state index is -4.20. The van der Waals surface area contributed by atoms with Gasteiger partial charge in [-0.1, -0.05) is 6.07 Å². The molecule has 4 rings (SSSR count). The monoisotopic (exact) mass is 588 g/mol. The number of hydrazone groups is 1. The molecule has 1 amide bonds. The molecule has 210 valence electrons. The number of hydrogen-bond acceptors (Lipinski definition) is 11. The molecule has 1 fully saturated rings. The number of amides is 1. The van der Waals surface area contributed by atoms with E-state index < -0.39 is 37.4 Å². The number of aromatic nitrogens is 2. The molecular formula is C23H24N8O7S2. The second-order valence-electron chi connectivity index (χ2n) is 8.80. The molecule has 0 spiro atoms. The Hall–Kier alpha value is -4.35. The average molecular weight is 589 g/mol. The van der Waals surface area contributed by atoms with Crippen LogP contribution >= 0.6 is 11.8 Å². The number of nitro benzene ring substituents is 2. The maximum Gasteiger partial charge on any atom is 0.283 e. The number of benzene rings is 2. The Morgan fingerprint density at radius 1 is 1.18 bits per heavy atom. The molecule has 0 radical (unpaired) electrons. The minimum Gasteiger partial charge on any atom is -0.369 e. The van der Waals surface area contributed by atoms with Crippen LogP contribution in [0.3, 0.4) is 0 Å². The number of primary amides is 1. The molecule has 1 aliphatic heterocycles. The molecule has 0 saturated carbocycles. The lowest BCUT2D eigenvalue weighted by Gasteiger charge is -2.30. The van der Waals surface area contributed by atoms with Crippen LogP contribution in [-0.2, 0) is 21.9 Å². The van der Waals surface area contributed by atoms with Gasteiger partial charge in [0.05, 0.1) is 26.6 Å². The number of sulfonamides is 1. The molecule has 40 heavy (non-hydrogen) atoms. The van der Waals surface area contributed by atoms with Gasteiger partial charge in [0.2, 0.25) is 15.9 Å².